The van der Waals surface area contributed by atoms with Crippen LogP contribution >= 0.6 is 0 Å². The maximum absolute atomic E-state index is 12.3. The van der Waals surface area contributed by atoms with Crippen molar-refractivity contribution in [2.24, 2.45) is 0 Å². The van der Waals surface area contributed by atoms with Gasteiger partial charge in [0, 0.05) is 25.7 Å². The SMILES string of the molecule is CN1CCC(NC(=O)c2cccc(S(=O)(=O)N(C)C)c2)CC1. The van der Waals surface area contributed by atoms with Crippen LogP contribution in [0.25, 0.3) is 0 Å². The van der Waals surface area contributed by atoms with Crippen LogP contribution in [-0.4, -0.2) is 63.8 Å². The van der Waals surface area contributed by atoms with E-state index in [0.717, 1.165) is 30.2 Å². The first-order valence-corrected chi connectivity index (χ1v) is 8.76. The summed E-state index contributed by atoms with van der Waals surface area (Å²) in [5.74, 6) is -0.217. The summed E-state index contributed by atoms with van der Waals surface area (Å²) in [6, 6.07) is 6.32. The van der Waals surface area contributed by atoms with Crippen LogP contribution in [0.15, 0.2) is 29.2 Å². The number of carbonyl (C=O) groups excluding carboxylic acids is 1. The van der Waals surface area contributed by atoms with E-state index in [2.05, 4.69) is 17.3 Å². The van der Waals surface area contributed by atoms with E-state index < -0.39 is 10.0 Å². The second-order valence-electron chi connectivity index (χ2n) is 5.87. The van der Waals surface area contributed by atoms with Crippen molar-refractivity contribution in [2.75, 3.05) is 34.2 Å². The molecule has 1 heterocycles. The topological polar surface area (TPSA) is 69.7 Å². The molecule has 0 aromatic heterocycles. The fourth-order valence-electron chi connectivity index (χ4n) is 2.43. The highest BCUT2D eigenvalue weighted by molar-refractivity contribution is 7.89. The number of rotatable bonds is 4. The van der Waals surface area contributed by atoms with Gasteiger partial charge in [0.05, 0.1) is 4.90 Å². The molecule has 1 aliphatic heterocycles. The van der Waals surface area contributed by atoms with Gasteiger partial charge in [0.1, 0.15) is 0 Å². The average Bonchev–Trinajstić information content (AvgIpc) is 2.49. The number of benzene rings is 1. The third-order valence-corrected chi connectivity index (χ3v) is 5.74. The molecular formula is C15H23N3O3S. The van der Waals surface area contributed by atoms with Crippen molar-refractivity contribution in [2.45, 2.75) is 23.8 Å². The van der Waals surface area contributed by atoms with Crippen molar-refractivity contribution >= 4 is 15.9 Å². The molecule has 0 unspecified atom stereocenters. The normalized spacial score (nSPS) is 17.6. The van der Waals surface area contributed by atoms with Gasteiger partial charge in [-0.05, 0) is 51.2 Å². The Bertz CT molecular complexity index is 635. The van der Waals surface area contributed by atoms with Crippen LogP contribution in [-0.2, 0) is 10.0 Å². The van der Waals surface area contributed by atoms with Crippen LogP contribution < -0.4 is 5.32 Å². The molecular weight excluding hydrogens is 302 g/mol. The van der Waals surface area contributed by atoms with Crippen molar-refractivity contribution in [3.05, 3.63) is 29.8 Å². The first kappa shape index (κ1) is 16.9. The van der Waals surface area contributed by atoms with E-state index in [0.29, 0.717) is 5.56 Å². The van der Waals surface area contributed by atoms with Crippen LogP contribution in [0, 0.1) is 0 Å². The van der Waals surface area contributed by atoms with Crippen molar-refractivity contribution in [3.63, 3.8) is 0 Å². The molecule has 0 atom stereocenters. The van der Waals surface area contributed by atoms with E-state index in [9.17, 15) is 13.2 Å². The summed E-state index contributed by atoms with van der Waals surface area (Å²) in [5.41, 5.74) is 0.377. The average molecular weight is 325 g/mol. The standard InChI is InChI=1S/C15H23N3O3S/c1-17(2)22(20,21)14-6-4-5-12(11-14)15(19)16-13-7-9-18(3)10-8-13/h4-6,11,13H,7-10H2,1-3H3,(H,16,19). The number of amides is 1. The van der Waals surface area contributed by atoms with Crippen molar-refractivity contribution in [3.8, 4) is 0 Å². The lowest BCUT2D eigenvalue weighted by molar-refractivity contribution is 0.0916. The molecule has 0 radical (unpaired) electrons. The van der Waals surface area contributed by atoms with E-state index >= 15 is 0 Å². The summed E-state index contributed by atoms with van der Waals surface area (Å²) >= 11 is 0. The summed E-state index contributed by atoms with van der Waals surface area (Å²) in [5, 5.41) is 2.99. The summed E-state index contributed by atoms with van der Waals surface area (Å²) in [6.07, 6.45) is 1.83. The molecule has 22 heavy (non-hydrogen) atoms. The van der Waals surface area contributed by atoms with E-state index in [1.165, 1.54) is 26.2 Å². The minimum absolute atomic E-state index is 0.133. The molecule has 1 aliphatic rings. The lowest BCUT2D eigenvalue weighted by atomic mass is 10.0. The molecule has 0 saturated carbocycles. The molecule has 122 valence electrons. The maximum atomic E-state index is 12.3. The van der Waals surface area contributed by atoms with Crippen LogP contribution in [0.5, 0.6) is 0 Å². The first-order valence-electron chi connectivity index (χ1n) is 7.32. The molecule has 1 amide bonds. The van der Waals surface area contributed by atoms with Gasteiger partial charge in [0.25, 0.3) is 5.91 Å². The van der Waals surface area contributed by atoms with Crippen molar-refractivity contribution < 1.29 is 13.2 Å². The van der Waals surface area contributed by atoms with Gasteiger partial charge in [-0.1, -0.05) is 6.07 Å². The van der Waals surface area contributed by atoms with Crippen LogP contribution in [0.1, 0.15) is 23.2 Å². The Hall–Kier alpha value is -1.44. The number of hydrogen-bond acceptors (Lipinski definition) is 4. The Labute approximate surface area is 132 Å². The third kappa shape index (κ3) is 3.85. The quantitative estimate of drug-likeness (QED) is 0.887. The van der Waals surface area contributed by atoms with Crippen molar-refractivity contribution in [1.29, 1.82) is 0 Å². The third-order valence-electron chi connectivity index (χ3n) is 3.93. The zero-order chi connectivity index (χ0) is 16.3. The Morgan fingerprint density at radius 1 is 1.27 bits per heavy atom. The highest BCUT2D eigenvalue weighted by Gasteiger charge is 2.21. The smallest absolute Gasteiger partial charge is 0.251 e. The van der Waals surface area contributed by atoms with E-state index in [1.54, 1.807) is 12.1 Å². The number of nitrogens with zero attached hydrogens (tertiary/aromatic N) is 2. The van der Waals surface area contributed by atoms with Gasteiger partial charge in [-0.15, -0.1) is 0 Å². The lowest BCUT2D eigenvalue weighted by Crippen LogP contribution is -2.43. The zero-order valence-corrected chi connectivity index (χ0v) is 14.1. The molecule has 1 N–H and O–H groups in total. The van der Waals surface area contributed by atoms with Gasteiger partial charge in [-0.2, -0.15) is 0 Å². The Morgan fingerprint density at radius 2 is 1.91 bits per heavy atom. The highest BCUT2D eigenvalue weighted by Crippen LogP contribution is 2.16. The van der Waals surface area contributed by atoms with Crippen LogP contribution in [0.2, 0.25) is 0 Å². The van der Waals surface area contributed by atoms with Gasteiger partial charge in [0.2, 0.25) is 10.0 Å². The molecule has 1 fully saturated rings. The molecule has 6 nitrogen and oxygen atoms in total. The van der Waals surface area contributed by atoms with E-state index in [-0.39, 0.29) is 16.8 Å². The van der Waals surface area contributed by atoms with Gasteiger partial charge in [-0.25, -0.2) is 12.7 Å². The summed E-state index contributed by atoms with van der Waals surface area (Å²) in [4.78, 5) is 14.7. The minimum atomic E-state index is -3.53. The molecule has 1 saturated heterocycles. The predicted octanol–water partition coefficient (Wildman–Crippen LogP) is 0.761. The van der Waals surface area contributed by atoms with E-state index in [4.69, 9.17) is 0 Å². The largest absolute Gasteiger partial charge is 0.349 e. The van der Waals surface area contributed by atoms with Gasteiger partial charge >= 0.3 is 0 Å². The molecule has 0 bridgehead atoms. The molecule has 7 heteroatoms. The lowest BCUT2D eigenvalue weighted by Gasteiger charge is -2.29. The monoisotopic (exact) mass is 325 g/mol. The maximum Gasteiger partial charge on any atom is 0.251 e. The second-order valence-corrected chi connectivity index (χ2v) is 8.02. The number of piperidine rings is 1. The zero-order valence-electron chi connectivity index (χ0n) is 13.2. The fourth-order valence-corrected chi connectivity index (χ4v) is 3.38. The minimum Gasteiger partial charge on any atom is -0.349 e. The first-order chi connectivity index (χ1) is 10.3. The molecule has 1 aromatic rings. The Morgan fingerprint density at radius 3 is 2.50 bits per heavy atom. The number of likely N-dealkylation sites (tertiary alicyclic amines) is 1. The number of hydrogen-bond donors (Lipinski definition) is 1. The number of nitrogens with one attached hydrogen (secondary N) is 1. The van der Waals surface area contributed by atoms with Gasteiger partial charge < -0.3 is 10.2 Å². The number of sulfonamides is 1. The second kappa shape index (κ2) is 6.76. The van der Waals surface area contributed by atoms with Gasteiger partial charge in [0.15, 0.2) is 0 Å². The van der Waals surface area contributed by atoms with Crippen LogP contribution in [0.4, 0.5) is 0 Å². The summed E-state index contributed by atoms with van der Waals surface area (Å²) in [6.45, 7) is 1.92. The van der Waals surface area contributed by atoms with Crippen LogP contribution in [0.3, 0.4) is 0 Å². The summed E-state index contributed by atoms with van der Waals surface area (Å²) in [7, 11) is 1.48. The van der Waals surface area contributed by atoms with E-state index in [1.807, 2.05) is 0 Å². The molecule has 1 aromatic carbocycles. The van der Waals surface area contributed by atoms with Crippen molar-refractivity contribution in [1.82, 2.24) is 14.5 Å². The van der Waals surface area contributed by atoms with Gasteiger partial charge in [-0.3, -0.25) is 4.79 Å². The Balaban J connectivity index is 2.11. The highest BCUT2D eigenvalue weighted by atomic mass is 32.2. The predicted molar refractivity (Wildman–Crippen MR) is 85.3 cm³/mol. The molecule has 0 spiro atoms. The fraction of sp³-hybridized carbons (Fsp3) is 0.533. The Kier molecular flexibility index (Phi) is 5.20. The molecule has 2 rings (SSSR count). The molecule has 0 aliphatic carbocycles. The number of carbonyl (C=O) groups is 1. The summed E-state index contributed by atoms with van der Waals surface area (Å²) < 4.78 is 25.4.